The molecule has 1 N–H and O–H groups in total. The van der Waals surface area contributed by atoms with Gasteiger partial charge in [0.05, 0.1) is 6.10 Å². The van der Waals surface area contributed by atoms with Gasteiger partial charge in [-0.25, -0.2) is 0 Å². The molecule has 0 saturated carbocycles. The van der Waals surface area contributed by atoms with Gasteiger partial charge in [-0.15, -0.1) is 0 Å². The van der Waals surface area contributed by atoms with Crippen molar-refractivity contribution in [3.05, 3.63) is 11.6 Å². The molecule has 70 valence electrons. The highest BCUT2D eigenvalue weighted by atomic mass is 16.3. The lowest BCUT2D eigenvalue weighted by molar-refractivity contribution is 0.223. The minimum atomic E-state index is -0.161. The molecular weight excluding hydrogens is 148 g/mol. The van der Waals surface area contributed by atoms with Crippen LogP contribution in [0.25, 0.3) is 0 Å². The van der Waals surface area contributed by atoms with E-state index in [0.29, 0.717) is 5.92 Å². The molecule has 12 heavy (non-hydrogen) atoms. The van der Waals surface area contributed by atoms with Crippen LogP contribution in [0.5, 0.6) is 0 Å². The highest BCUT2D eigenvalue weighted by Gasteiger charge is 2.20. The van der Waals surface area contributed by atoms with E-state index in [1.807, 2.05) is 0 Å². The van der Waals surface area contributed by atoms with E-state index >= 15 is 0 Å². The number of aliphatic hydroxyl groups is 1. The molecule has 0 aromatic heterocycles. The second-order valence-corrected chi connectivity index (χ2v) is 4.02. The summed E-state index contributed by atoms with van der Waals surface area (Å²) >= 11 is 0. The van der Waals surface area contributed by atoms with Crippen LogP contribution in [0.15, 0.2) is 11.6 Å². The molecule has 0 aromatic carbocycles. The first-order chi connectivity index (χ1) is 5.65. The van der Waals surface area contributed by atoms with E-state index in [1.54, 1.807) is 0 Å². The first-order valence-electron chi connectivity index (χ1n) is 5.03. The van der Waals surface area contributed by atoms with Gasteiger partial charge in [0.1, 0.15) is 0 Å². The molecule has 0 aromatic rings. The van der Waals surface area contributed by atoms with Crippen LogP contribution in [-0.2, 0) is 0 Å². The summed E-state index contributed by atoms with van der Waals surface area (Å²) in [5, 5.41) is 9.33. The maximum Gasteiger partial charge on any atom is 0.0726 e. The fraction of sp³-hybridized carbons (Fsp3) is 0.818. The summed E-state index contributed by atoms with van der Waals surface area (Å²) in [6.45, 7) is 6.79. The van der Waals surface area contributed by atoms with Gasteiger partial charge in [-0.3, -0.25) is 0 Å². The molecule has 0 aliphatic heterocycles. The van der Waals surface area contributed by atoms with Gasteiger partial charge < -0.3 is 5.11 Å². The molecule has 1 heteroatoms. The second-order valence-electron chi connectivity index (χ2n) is 4.02. The molecular formula is C11H20O. The predicted octanol–water partition coefficient (Wildman–Crippen LogP) is 2.75. The van der Waals surface area contributed by atoms with E-state index in [4.69, 9.17) is 0 Å². The highest BCUT2D eigenvalue weighted by molar-refractivity contribution is 5.15. The highest BCUT2D eigenvalue weighted by Crippen LogP contribution is 2.30. The lowest BCUT2D eigenvalue weighted by atomic mass is 9.87. The van der Waals surface area contributed by atoms with Crippen molar-refractivity contribution in [2.45, 2.75) is 46.1 Å². The standard InChI is InChI=1S/C11H20O/c1-4-8(2)9(3)10-5-6-11(12)7-10/h7-9,11-12H,4-6H2,1-3H3. The number of allylic oxidation sites excluding steroid dienone is 1. The zero-order valence-electron chi connectivity index (χ0n) is 8.38. The third-order valence-electron chi connectivity index (χ3n) is 3.22. The number of aliphatic hydroxyl groups excluding tert-OH is 1. The quantitative estimate of drug-likeness (QED) is 0.642. The molecule has 1 nitrogen and oxygen atoms in total. The van der Waals surface area contributed by atoms with Crippen molar-refractivity contribution >= 4 is 0 Å². The Kier molecular flexibility index (Phi) is 3.33. The SMILES string of the molecule is CCC(C)C(C)C1=CC(O)CC1. The van der Waals surface area contributed by atoms with Gasteiger partial charge in [0, 0.05) is 0 Å². The predicted molar refractivity (Wildman–Crippen MR) is 51.9 cm³/mol. The number of hydrogen-bond donors (Lipinski definition) is 1. The largest absolute Gasteiger partial charge is 0.389 e. The fourth-order valence-electron chi connectivity index (χ4n) is 1.83. The zero-order chi connectivity index (χ0) is 9.14. The molecule has 0 spiro atoms. The molecule has 1 aliphatic carbocycles. The van der Waals surface area contributed by atoms with Gasteiger partial charge >= 0.3 is 0 Å². The first kappa shape index (κ1) is 9.79. The molecule has 3 unspecified atom stereocenters. The van der Waals surface area contributed by atoms with E-state index in [2.05, 4.69) is 26.8 Å². The van der Waals surface area contributed by atoms with Crippen molar-refractivity contribution in [2.75, 3.05) is 0 Å². The smallest absolute Gasteiger partial charge is 0.0726 e. The van der Waals surface area contributed by atoms with Gasteiger partial charge in [0.2, 0.25) is 0 Å². The maximum absolute atomic E-state index is 9.33. The van der Waals surface area contributed by atoms with Crippen molar-refractivity contribution in [3.63, 3.8) is 0 Å². The average Bonchev–Trinajstić information content (AvgIpc) is 2.49. The van der Waals surface area contributed by atoms with E-state index in [0.717, 1.165) is 18.8 Å². The molecule has 0 fully saturated rings. The Morgan fingerprint density at radius 2 is 2.25 bits per heavy atom. The van der Waals surface area contributed by atoms with Crippen LogP contribution in [0.2, 0.25) is 0 Å². The monoisotopic (exact) mass is 168 g/mol. The van der Waals surface area contributed by atoms with Crippen molar-refractivity contribution in [2.24, 2.45) is 11.8 Å². The Hall–Kier alpha value is -0.300. The molecule has 0 amide bonds. The van der Waals surface area contributed by atoms with Gasteiger partial charge in [-0.1, -0.05) is 38.8 Å². The third-order valence-corrected chi connectivity index (χ3v) is 3.22. The van der Waals surface area contributed by atoms with Crippen LogP contribution >= 0.6 is 0 Å². The molecule has 0 bridgehead atoms. The Morgan fingerprint density at radius 1 is 1.58 bits per heavy atom. The van der Waals surface area contributed by atoms with Gasteiger partial charge in [0.15, 0.2) is 0 Å². The van der Waals surface area contributed by atoms with E-state index in [1.165, 1.54) is 12.0 Å². The lowest BCUT2D eigenvalue weighted by Gasteiger charge is -2.19. The van der Waals surface area contributed by atoms with Crippen LogP contribution in [0.3, 0.4) is 0 Å². The van der Waals surface area contributed by atoms with Crippen LogP contribution < -0.4 is 0 Å². The van der Waals surface area contributed by atoms with Gasteiger partial charge in [-0.05, 0) is 24.7 Å². The second kappa shape index (κ2) is 4.08. The van der Waals surface area contributed by atoms with E-state index in [9.17, 15) is 5.11 Å². The molecule has 0 radical (unpaired) electrons. The summed E-state index contributed by atoms with van der Waals surface area (Å²) in [4.78, 5) is 0. The lowest BCUT2D eigenvalue weighted by Crippen LogP contribution is -2.08. The average molecular weight is 168 g/mol. The minimum Gasteiger partial charge on any atom is -0.389 e. The summed E-state index contributed by atoms with van der Waals surface area (Å²) < 4.78 is 0. The number of rotatable bonds is 3. The molecule has 0 saturated heterocycles. The Balaban J connectivity index is 2.52. The van der Waals surface area contributed by atoms with Crippen molar-refractivity contribution in [1.29, 1.82) is 0 Å². The van der Waals surface area contributed by atoms with Crippen molar-refractivity contribution in [1.82, 2.24) is 0 Å². The van der Waals surface area contributed by atoms with Crippen LogP contribution in [0, 0.1) is 11.8 Å². The molecule has 1 aliphatic rings. The van der Waals surface area contributed by atoms with Crippen LogP contribution in [0.1, 0.15) is 40.0 Å². The Labute approximate surface area is 75.5 Å². The van der Waals surface area contributed by atoms with E-state index < -0.39 is 0 Å². The number of hydrogen-bond acceptors (Lipinski definition) is 1. The maximum atomic E-state index is 9.33. The summed E-state index contributed by atoms with van der Waals surface area (Å²) in [6, 6.07) is 0. The Morgan fingerprint density at radius 3 is 2.67 bits per heavy atom. The van der Waals surface area contributed by atoms with Crippen molar-refractivity contribution < 1.29 is 5.11 Å². The summed E-state index contributed by atoms with van der Waals surface area (Å²) in [5.74, 6) is 1.41. The Bertz CT molecular complexity index is 172. The fourth-order valence-corrected chi connectivity index (χ4v) is 1.83. The summed E-state index contributed by atoms with van der Waals surface area (Å²) in [6.07, 6.45) is 5.17. The topological polar surface area (TPSA) is 20.2 Å². The minimum absolute atomic E-state index is 0.161. The molecule has 0 heterocycles. The van der Waals surface area contributed by atoms with Gasteiger partial charge in [0.25, 0.3) is 0 Å². The summed E-state index contributed by atoms with van der Waals surface area (Å²) in [7, 11) is 0. The molecule has 1 rings (SSSR count). The van der Waals surface area contributed by atoms with E-state index in [-0.39, 0.29) is 6.10 Å². The van der Waals surface area contributed by atoms with Crippen LogP contribution in [-0.4, -0.2) is 11.2 Å². The normalized spacial score (nSPS) is 28.3. The molecule has 3 atom stereocenters. The zero-order valence-corrected chi connectivity index (χ0v) is 8.38. The summed E-state index contributed by atoms with van der Waals surface area (Å²) in [5.41, 5.74) is 1.47. The van der Waals surface area contributed by atoms with Crippen molar-refractivity contribution in [3.8, 4) is 0 Å². The van der Waals surface area contributed by atoms with Crippen LogP contribution in [0.4, 0.5) is 0 Å². The first-order valence-corrected chi connectivity index (χ1v) is 5.03. The third kappa shape index (κ3) is 2.10. The van der Waals surface area contributed by atoms with Gasteiger partial charge in [-0.2, -0.15) is 0 Å².